The van der Waals surface area contributed by atoms with Gasteiger partial charge in [0.25, 0.3) is 11.8 Å². The molecule has 0 saturated carbocycles. The van der Waals surface area contributed by atoms with Crippen molar-refractivity contribution in [3.8, 4) is 0 Å². The number of carboxylic acids is 1. The lowest BCUT2D eigenvalue weighted by atomic mass is 10.0. The van der Waals surface area contributed by atoms with Crippen molar-refractivity contribution < 1.29 is 28.9 Å². The van der Waals surface area contributed by atoms with Gasteiger partial charge in [-0.2, -0.15) is 13.9 Å². The van der Waals surface area contributed by atoms with Crippen LogP contribution in [0.4, 0.5) is 5.13 Å². The zero-order chi connectivity index (χ0) is 25.1. The molecular formula is C20H19N7O5S3. The van der Waals surface area contributed by atoms with E-state index in [4.69, 9.17) is 10.6 Å². The molecule has 4 rings (SSSR count). The summed E-state index contributed by atoms with van der Waals surface area (Å²) in [6, 6.07) is 4.76. The van der Waals surface area contributed by atoms with Gasteiger partial charge in [-0.25, -0.2) is 0 Å². The lowest BCUT2D eigenvalue weighted by Gasteiger charge is -2.50. The van der Waals surface area contributed by atoms with Gasteiger partial charge in [0.05, 0.1) is 11.7 Å². The predicted molar refractivity (Wildman–Crippen MR) is 128 cm³/mol. The maximum absolute atomic E-state index is 12.9. The first-order chi connectivity index (χ1) is 16.8. The van der Waals surface area contributed by atoms with Crippen molar-refractivity contribution in [1.82, 2.24) is 19.6 Å². The molecule has 0 aromatic carbocycles. The number of nitrogens with one attached hydrogen (secondary N) is 1. The molecule has 182 valence electrons. The molecule has 12 nitrogen and oxygen atoms in total. The van der Waals surface area contributed by atoms with Gasteiger partial charge >= 0.3 is 0 Å². The summed E-state index contributed by atoms with van der Waals surface area (Å²) in [6.07, 6.45) is 3.56. The molecule has 0 radical (unpaired) electrons. The molecule has 0 bridgehead atoms. The number of thioether (sulfide) groups is 2. The Morgan fingerprint density at radius 2 is 2.26 bits per heavy atom. The Kier molecular flexibility index (Phi) is 7.37. The largest absolute Gasteiger partial charge is 0.543 e. The number of rotatable bonds is 8. The Hall–Kier alpha value is -3.43. The van der Waals surface area contributed by atoms with Crippen LogP contribution in [-0.4, -0.2) is 62.0 Å². The second-order valence-corrected chi connectivity index (χ2v) is 9.99. The minimum absolute atomic E-state index is 0.0427. The first-order valence-electron chi connectivity index (χ1n) is 10.0. The van der Waals surface area contributed by atoms with E-state index >= 15 is 0 Å². The lowest BCUT2D eigenvalue weighted by molar-refractivity contribution is -0.708. The quantitative estimate of drug-likeness (QED) is 0.141. The standard InChI is InChI=1S/C20H19N7O5S3/c1-26-7-4-3-5-11(26)33-8-6-10-9-34-18-13(17(29)27(18)14(10)19(30)31)22-16(28)12(24-32-2)15-23-20(21)35-25-15/h3-8,13,18H,9H2,1-2H3,(H3-,21,22,23,25,28,30,31)/t13?,18-/m1/s1. The molecule has 35 heavy (non-hydrogen) atoms. The van der Waals surface area contributed by atoms with Crippen LogP contribution in [0.1, 0.15) is 5.82 Å². The number of allylic oxidation sites excluding steroid dienone is 1. The van der Waals surface area contributed by atoms with Gasteiger partial charge < -0.3 is 25.8 Å². The summed E-state index contributed by atoms with van der Waals surface area (Å²) < 4.78 is 5.87. The number of carbonyl (C=O) groups is 3. The highest BCUT2D eigenvalue weighted by molar-refractivity contribution is 8.02. The van der Waals surface area contributed by atoms with Crippen LogP contribution in [-0.2, 0) is 26.3 Å². The fraction of sp³-hybridized carbons (Fsp3) is 0.250. The van der Waals surface area contributed by atoms with Crippen LogP contribution in [0.2, 0.25) is 0 Å². The molecular weight excluding hydrogens is 514 g/mol. The van der Waals surface area contributed by atoms with Gasteiger partial charge in [0, 0.05) is 29.4 Å². The first-order valence-corrected chi connectivity index (χ1v) is 12.7. The van der Waals surface area contributed by atoms with Crippen LogP contribution < -0.4 is 20.7 Å². The van der Waals surface area contributed by atoms with E-state index in [1.807, 2.05) is 36.0 Å². The maximum Gasteiger partial charge on any atom is 0.278 e. The molecule has 2 aromatic heterocycles. The normalized spacial score (nSPS) is 20.0. The zero-order valence-corrected chi connectivity index (χ0v) is 20.9. The van der Waals surface area contributed by atoms with Gasteiger partial charge in [0.1, 0.15) is 25.6 Å². The van der Waals surface area contributed by atoms with E-state index in [2.05, 4.69) is 19.8 Å². The number of fused-ring (bicyclic) bond motifs is 1. The van der Waals surface area contributed by atoms with Gasteiger partial charge in [-0.05, 0) is 34.9 Å². The Morgan fingerprint density at radius 1 is 1.46 bits per heavy atom. The molecule has 2 aliphatic heterocycles. The van der Waals surface area contributed by atoms with Gasteiger partial charge in [-0.15, -0.1) is 11.8 Å². The van der Waals surface area contributed by atoms with Gasteiger partial charge in [-0.1, -0.05) is 5.16 Å². The van der Waals surface area contributed by atoms with Crippen molar-refractivity contribution in [2.45, 2.75) is 16.4 Å². The fourth-order valence-electron chi connectivity index (χ4n) is 3.39. The molecule has 1 unspecified atom stereocenters. The van der Waals surface area contributed by atoms with E-state index in [1.165, 1.54) is 30.6 Å². The Morgan fingerprint density at radius 3 is 2.91 bits per heavy atom. The van der Waals surface area contributed by atoms with E-state index in [0.717, 1.165) is 21.5 Å². The molecule has 15 heteroatoms. The summed E-state index contributed by atoms with van der Waals surface area (Å²) in [7, 11) is 3.15. The molecule has 2 atom stereocenters. The van der Waals surface area contributed by atoms with E-state index in [-0.39, 0.29) is 22.4 Å². The van der Waals surface area contributed by atoms with Crippen molar-refractivity contribution in [3.63, 3.8) is 0 Å². The summed E-state index contributed by atoms with van der Waals surface area (Å²) in [5, 5.41) is 20.4. The van der Waals surface area contributed by atoms with Crippen molar-refractivity contribution in [2.24, 2.45) is 12.2 Å². The number of carboxylic acid groups (broad SMARTS) is 1. The van der Waals surface area contributed by atoms with Crippen LogP contribution in [0.5, 0.6) is 0 Å². The van der Waals surface area contributed by atoms with Crippen molar-refractivity contribution in [2.75, 3.05) is 18.6 Å². The number of aryl methyl sites for hydroxylation is 1. The number of carbonyl (C=O) groups excluding carboxylic acids is 3. The van der Waals surface area contributed by atoms with E-state index in [9.17, 15) is 19.5 Å². The minimum Gasteiger partial charge on any atom is -0.543 e. The number of nitrogens with zero attached hydrogens (tertiary/aromatic N) is 5. The Bertz CT molecular complexity index is 1280. The van der Waals surface area contributed by atoms with Crippen molar-refractivity contribution >= 4 is 63.7 Å². The number of pyridine rings is 1. The summed E-state index contributed by atoms with van der Waals surface area (Å²) in [5.74, 6) is -2.53. The number of nitrogen functional groups attached to an aromatic ring is 1. The van der Waals surface area contributed by atoms with Crippen LogP contribution in [0, 0.1) is 0 Å². The first kappa shape index (κ1) is 24.7. The number of hydrogen-bond acceptors (Lipinski definition) is 12. The van der Waals surface area contributed by atoms with E-state index in [0.29, 0.717) is 11.3 Å². The van der Waals surface area contributed by atoms with Crippen molar-refractivity contribution in [3.05, 3.63) is 53.0 Å². The summed E-state index contributed by atoms with van der Waals surface area (Å²) in [5.41, 5.74) is 5.55. The van der Waals surface area contributed by atoms with Crippen LogP contribution in [0.15, 0.2) is 57.3 Å². The maximum atomic E-state index is 12.9. The predicted octanol–water partition coefficient (Wildman–Crippen LogP) is -0.995. The number of hydrogen-bond donors (Lipinski definition) is 2. The Labute approximate surface area is 212 Å². The summed E-state index contributed by atoms with van der Waals surface area (Å²) in [4.78, 5) is 47.3. The molecule has 0 spiro atoms. The fourth-order valence-corrected chi connectivity index (χ4v) is 5.90. The third kappa shape index (κ3) is 5.01. The number of aliphatic carboxylic acids is 1. The molecule has 0 aliphatic carbocycles. The van der Waals surface area contributed by atoms with E-state index in [1.54, 1.807) is 11.5 Å². The molecule has 2 aliphatic rings. The molecule has 2 amide bonds. The highest BCUT2D eigenvalue weighted by Crippen LogP contribution is 2.40. The van der Waals surface area contributed by atoms with E-state index < -0.39 is 29.2 Å². The minimum atomic E-state index is -1.47. The topological polar surface area (TPSA) is 167 Å². The lowest BCUT2D eigenvalue weighted by Crippen LogP contribution is -2.71. The molecule has 1 fully saturated rings. The second kappa shape index (κ2) is 10.5. The molecule has 1 saturated heterocycles. The van der Waals surface area contributed by atoms with Crippen LogP contribution in [0.25, 0.3) is 0 Å². The Balaban J connectivity index is 1.50. The number of β-lactam (4-membered cyclic amide) rings is 1. The van der Waals surface area contributed by atoms with Crippen LogP contribution in [0.3, 0.4) is 0 Å². The molecule has 3 N–H and O–H groups in total. The highest BCUT2D eigenvalue weighted by atomic mass is 32.2. The number of nitrogens with two attached hydrogens (primary N) is 1. The number of aromatic nitrogens is 3. The zero-order valence-electron chi connectivity index (χ0n) is 18.4. The highest BCUT2D eigenvalue weighted by Gasteiger charge is 2.53. The SMILES string of the molecule is CON=C(C(=O)NC1C(=O)N2C(C(=O)[O-])=C(C=CSc3cccc[n+]3C)CS[C@H]12)c1nsc(N)n1. The summed E-state index contributed by atoms with van der Waals surface area (Å²) >= 11 is 3.61. The summed E-state index contributed by atoms with van der Waals surface area (Å²) in [6.45, 7) is 0. The monoisotopic (exact) mass is 533 g/mol. The third-order valence-electron chi connectivity index (χ3n) is 4.99. The smallest absolute Gasteiger partial charge is 0.278 e. The molecule has 4 heterocycles. The van der Waals surface area contributed by atoms with Gasteiger partial charge in [-0.3, -0.25) is 14.5 Å². The van der Waals surface area contributed by atoms with Gasteiger partial charge in [0.15, 0.2) is 11.3 Å². The average molecular weight is 534 g/mol. The molecule has 2 aromatic rings. The van der Waals surface area contributed by atoms with Crippen molar-refractivity contribution in [1.29, 1.82) is 0 Å². The van der Waals surface area contributed by atoms with Crippen LogP contribution >= 0.6 is 35.1 Å². The number of anilines is 1. The number of amides is 2. The average Bonchev–Trinajstić information content (AvgIpc) is 3.27. The number of oxime groups is 1. The van der Waals surface area contributed by atoms with Gasteiger partial charge in [0.2, 0.25) is 16.6 Å². The second-order valence-electron chi connectivity index (χ2n) is 7.17. The third-order valence-corrected chi connectivity index (χ3v) is 7.78.